The van der Waals surface area contributed by atoms with Crippen molar-refractivity contribution in [3.63, 3.8) is 0 Å². The van der Waals surface area contributed by atoms with E-state index >= 15 is 0 Å². The minimum Gasteiger partial charge on any atom is -0.503 e. The van der Waals surface area contributed by atoms with Crippen molar-refractivity contribution in [2.45, 2.75) is 0 Å². The molecule has 0 saturated carbocycles. The van der Waals surface area contributed by atoms with E-state index in [1.807, 2.05) is 0 Å². The Morgan fingerprint density at radius 1 is 1.19 bits per heavy atom. The first-order chi connectivity index (χ1) is 12.3. The second-order valence-electron chi connectivity index (χ2n) is 5.17. The number of carbonyl (C=O) groups excluding carboxylic acids is 1. The molecule has 3 rings (SSSR count). The second kappa shape index (κ2) is 7.66. The summed E-state index contributed by atoms with van der Waals surface area (Å²) in [6, 6.07) is 7.92. The zero-order chi connectivity index (χ0) is 19.0. The Labute approximate surface area is 174 Å². The maximum atomic E-state index is 12.8. The Balaban J connectivity index is 1.99. The van der Waals surface area contributed by atoms with Crippen LogP contribution in [-0.4, -0.2) is 22.4 Å². The average molecular weight is 447 g/mol. The van der Waals surface area contributed by atoms with Crippen molar-refractivity contribution in [2.24, 2.45) is 0 Å². The number of thioether (sulfide) groups is 1. The maximum absolute atomic E-state index is 12.8. The number of hydrogen-bond donors (Lipinski definition) is 1. The van der Waals surface area contributed by atoms with Crippen LogP contribution >= 0.6 is 58.8 Å². The molecule has 1 aliphatic rings. The van der Waals surface area contributed by atoms with Crippen LogP contribution < -0.4 is 9.64 Å². The van der Waals surface area contributed by atoms with Crippen LogP contribution in [-0.2, 0) is 4.79 Å². The zero-order valence-corrected chi connectivity index (χ0v) is 17.0. The Kier molecular flexibility index (Phi) is 5.69. The van der Waals surface area contributed by atoms with Crippen LogP contribution in [0.15, 0.2) is 35.2 Å². The third-order valence-electron chi connectivity index (χ3n) is 3.51. The van der Waals surface area contributed by atoms with Crippen LogP contribution in [0.25, 0.3) is 6.08 Å². The van der Waals surface area contributed by atoms with Crippen molar-refractivity contribution in [2.75, 3.05) is 12.0 Å². The first kappa shape index (κ1) is 19.3. The third kappa shape index (κ3) is 3.66. The number of rotatable bonds is 3. The lowest BCUT2D eigenvalue weighted by molar-refractivity contribution is -0.113. The Morgan fingerprint density at radius 2 is 1.92 bits per heavy atom. The minimum atomic E-state index is -0.313. The lowest BCUT2D eigenvalue weighted by Crippen LogP contribution is -2.27. The minimum absolute atomic E-state index is 0.117. The molecule has 0 spiro atoms. The molecule has 0 aliphatic carbocycles. The monoisotopic (exact) mass is 445 g/mol. The number of carbonyl (C=O) groups is 1. The van der Waals surface area contributed by atoms with Crippen LogP contribution in [0.2, 0.25) is 15.1 Å². The molecule has 26 heavy (non-hydrogen) atoms. The Hall–Kier alpha value is -1.44. The zero-order valence-electron chi connectivity index (χ0n) is 13.1. The number of benzene rings is 2. The van der Waals surface area contributed by atoms with Crippen molar-refractivity contribution < 1.29 is 14.6 Å². The summed E-state index contributed by atoms with van der Waals surface area (Å²) >= 11 is 24.6. The largest absolute Gasteiger partial charge is 0.503 e. The molecule has 0 aromatic heterocycles. The van der Waals surface area contributed by atoms with Gasteiger partial charge in [-0.15, -0.1) is 0 Å². The summed E-state index contributed by atoms with van der Waals surface area (Å²) < 4.78 is 5.42. The van der Waals surface area contributed by atoms with Gasteiger partial charge in [0.1, 0.15) is 0 Å². The Bertz CT molecular complexity index is 963. The van der Waals surface area contributed by atoms with E-state index < -0.39 is 0 Å². The van der Waals surface area contributed by atoms with E-state index in [1.54, 1.807) is 30.3 Å². The maximum Gasteiger partial charge on any atom is 0.270 e. The van der Waals surface area contributed by atoms with Gasteiger partial charge in [0, 0.05) is 5.02 Å². The van der Waals surface area contributed by atoms with Gasteiger partial charge in [-0.05, 0) is 42.0 Å². The topological polar surface area (TPSA) is 49.8 Å². The molecule has 0 unspecified atom stereocenters. The van der Waals surface area contributed by atoms with Crippen molar-refractivity contribution >= 4 is 80.8 Å². The van der Waals surface area contributed by atoms with Gasteiger partial charge >= 0.3 is 0 Å². The van der Waals surface area contributed by atoms with Gasteiger partial charge in [-0.3, -0.25) is 9.69 Å². The highest BCUT2D eigenvalue weighted by Crippen LogP contribution is 2.41. The van der Waals surface area contributed by atoms with E-state index in [9.17, 15) is 9.90 Å². The van der Waals surface area contributed by atoms with Crippen molar-refractivity contribution in [1.29, 1.82) is 0 Å². The second-order valence-corrected chi connectivity index (χ2v) is 8.09. The molecule has 134 valence electrons. The number of nitrogens with zero attached hydrogens (tertiary/aromatic N) is 1. The number of phenolic OH excluding ortho intramolecular Hbond substituents is 1. The van der Waals surface area contributed by atoms with Gasteiger partial charge in [0.2, 0.25) is 0 Å². The van der Waals surface area contributed by atoms with Crippen LogP contribution in [0.5, 0.6) is 11.5 Å². The number of thiocarbonyl (C=S) groups is 1. The summed E-state index contributed by atoms with van der Waals surface area (Å²) in [4.78, 5) is 14.6. The van der Waals surface area contributed by atoms with E-state index in [1.165, 1.54) is 18.1 Å². The fourth-order valence-electron chi connectivity index (χ4n) is 2.32. The quantitative estimate of drug-likeness (QED) is 0.479. The number of hydrogen-bond acceptors (Lipinski definition) is 5. The van der Waals surface area contributed by atoms with E-state index in [-0.39, 0.29) is 22.4 Å². The van der Waals surface area contributed by atoms with Crippen molar-refractivity contribution in [3.05, 3.63) is 55.9 Å². The number of amides is 1. The van der Waals surface area contributed by atoms with Crippen molar-refractivity contribution in [1.82, 2.24) is 0 Å². The van der Waals surface area contributed by atoms with Gasteiger partial charge in [0.05, 0.1) is 27.7 Å². The van der Waals surface area contributed by atoms with E-state index in [4.69, 9.17) is 51.8 Å². The van der Waals surface area contributed by atoms with Crippen LogP contribution in [0.4, 0.5) is 5.69 Å². The van der Waals surface area contributed by atoms with Crippen LogP contribution in [0, 0.1) is 0 Å². The summed E-state index contributed by atoms with van der Waals surface area (Å²) in [5.74, 6) is -0.265. The standard InChI is InChI=1S/C17H10Cl3NO3S2/c1-24-13-5-8(4-11(20)15(13)22)6-14-16(23)21(17(25)26-14)12-3-2-9(18)7-10(12)19/h2-7,22H,1H3/b14-6+. The fourth-order valence-corrected chi connectivity index (χ4v) is 4.32. The number of aromatic hydroxyl groups is 1. The highest BCUT2D eigenvalue weighted by molar-refractivity contribution is 8.27. The Morgan fingerprint density at radius 3 is 2.58 bits per heavy atom. The molecule has 0 radical (unpaired) electrons. The van der Waals surface area contributed by atoms with Gasteiger partial charge in [-0.25, -0.2) is 0 Å². The molecule has 2 aromatic rings. The van der Waals surface area contributed by atoms with Gasteiger partial charge in [0.25, 0.3) is 5.91 Å². The smallest absolute Gasteiger partial charge is 0.270 e. The lowest BCUT2D eigenvalue weighted by Gasteiger charge is -2.16. The predicted molar refractivity (Wildman–Crippen MR) is 112 cm³/mol. The number of phenols is 1. The molecule has 1 fully saturated rings. The molecule has 0 bridgehead atoms. The van der Waals surface area contributed by atoms with E-state index in [2.05, 4.69) is 0 Å². The predicted octanol–water partition coefficient (Wildman–Crippen LogP) is 5.77. The number of ether oxygens (including phenoxy) is 1. The van der Waals surface area contributed by atoms with Gasteiger partial charge < -0.3 is 9.84 Å². The normalized spacial score (nSPS) is 15.8. The van der Waals surface area contributed by atoms with Crippen LogP contribution in [0.1, 0.15) is 5.56 Å². The highest BCUT2D eigenvalue weighted by atomic mass is 35.5. The lowest BCUT2D eigenvalue weighted by atomic mass is 10.1. The SMILES string of the molecule is COc1cc(/C=C2/SC(=S)N(c3ccc(Cl)cc3Cl)C2=O)cc(Cl)c1O. The molecule has 9 heteroatoms. The molecule has 1 heterocycles. The summed E-state index contributed by atoms with van der Waals surface area (Å²) in [5, 5.41) is 10.7. The summed E-state index contributed by atoms with van der Waals surface area (Å²) in [5.41, 5.74) is 1.05. The number of anilines is 1. The summed E-state index contributed by atoms with van der Waals surface area (Å²) in [6.45, 7) is 0. The first-order valence-corrected chi connectivity index (χ1v) is 9.47. The molecular formula is C17H10Cl3NO3S2. The third-order valence-corrected chi connectivity index (χ3v) is 5.64. The van der Waals surface area contributed by atoms with Gasteiger partial charge in [-0.1, -0.05) is 58.8 Å². The van der Waals surface area contributed by atoms with E-state index in [0.29, 0.717) is 30.5 Å². The molecule has 1 saturated heterocycles. The van der Waals surface area contributed by atoms with Crippen molar-refractivity contribution in [3.8, 4) is 11.5 Å². The molecule has 0 atom stereocenters. The van der Waals surface area contributed by atoms with Gasteiger partial charge in [0.15, 0.2) is 15.8 Å². The van der Waals surface area contributed by atoms with Crippen LogP contribution in [0.3, 0.4) is 0 Å². The molecular weight excluding hydrogens is 437 g/mol. The first-order valence-electron chi connectivity index (χ1n) is 7.11. The molecule has 1 N–H and O–H groups in total. The van der Waals surface area contributed by atoms with Gasteiger partial charge in [-0.2, -0.15) is 0 Å². The molecule has 2 aromatic carbocycles. The number of halogens is 3. The molecule has 1 amide bonds. The fraction of sp³-hybridized carbons (Fsp3) is 0.0588. The highest BCUT2D eigenvalue weighted by Gasteiger charge is 2.34. The number of methoxy groups -OCH3 is 1. The van der Waals surface area contributed by atoms with E-state index in [0.717, 1.165) is 11.8 Å². The molecule has 4 nitrogen and oxygen atoms in total. The average Bonchev–Trinajstić information content (AvgIpc) is 2.85. The molecule has 1 aliphatic heterocycles. The summed E-state index contributed by atoms with van der Waals surface area (Å²) in [6.07, 6.45) is 1.62. The summed E-state index contributed by atoms with van der Waals surface area (Å²) in [7, 11) is 1.41.